The van der Waals surface area contributed by atoms with Crippen LogP contribution >= 0.6 is 0 Å². The molecule has 7 heteroatoms. The molecule has 0 saturated heterocycles. The molecule has 0 fully saturated rings. The monoisotopic (exact) mass is 468 g/mol. The maximum Gasteiger partial charge on any atom is 0.338 e. The molecular formula is C28H20O7. The van der Waals surface area contributed by atoms with Crippen LogP contribution in [0.1, 0.15) is 43.5 Å². The second kappa shape index (κ2) is 8.96. The fraction of sp³-hybridized carbons (Fsp3) is 0.0714. The number of aliphatic hydroxyl groups is 1. The van der Waals surface area contributed by atoms with E-state index in [1.54, 1.807) is 30.5 Å². The Balaban J connectivity index is 1.37. The third-order valence-electron chi connectivity index (χ3n) is 5.88. The number of phenols is 1. The fourth-order valence-corrected chi connectivity index (χ4v) is 3.97. The summed E-state index contributed by atoms with van der Waals surface area (Å²) in [5, 5.41) is 32.6. The maximum absolute atomic E-state index is 12.7. The average molecular weight is 468 g/mol. The minimum atomic E-state index is -1.18. The van der Waals surface area contributed by atoms with Crippen LogP contribution in [0.5, 0.6) is 5.75 Å². The molecule has 3 N–H and O–H groups in total. The Morgan fingerprint density at radius 3 is 2.37 bits per heavy atom. The van der Waals surface area contributed by atoms with Crippen molar-refractivity contribution in [1.29, 1.82) is 0 Å². The number of furan rings is 1. The van der Waals surface area contributed by atoms with E-state index in [-0.39, 0.29) is 23.5 Å². The molecule has 1 aromatic heterocycles. The molecule has 0 saturated carbocycles. The Labute approximate surface area is 199 Å². The molecule has 1 unspecified atom stereocenters. The summed E-state index contributed by atoms with van der Waals surface area (Å²) in [4.78, 5) is 23.7. The van der Waals surface area contributed by atoms with Crippen molar-refractivity contribution in [3.8, 4) is 5.75 Å². The van der Waals surface area contributed by atoms with Gasteiger partial charge in [-0.05, 0) is 76.5 Å². The van der Waals surface area contributed by atoms with Gasteiger partial charge >= 0.3 is 11.9 Å². The highest BCUT2D eigenvalue weighted by atomic mass is 16.5. The Bertz CT molecular complexity index is 1560. The standard InChI is InChI=1S/C28H20O7/c29-24-14-19-6-7-21(28(33)35-15-16-1-8-25-20(11-16)9-10-34-25)12-22(19)13-23(24)26(30)17-2-4-18(5-3-17)27(31)32/h1-14,26,29-30H,15H2,(H,31,32). The zero-order valence-electron chi connectivity index (χ0n) is 18.3. The Morgan fingerprint density at radius 1 is 0.829 bits per heavy atom. The number of carbonyl (C=O) groups is 2. The van der Waals surface area contributed by atoms with Crippen molar-refractivity contribution in [2.24, 2.45) is 0 Å². The number of aromatic hydroxyl groups is 1. The van der Waals surface area contributed by atoms with Crippen LogP contribution in [-0.2, 0) is 11.3 Å². The van der Waals surface area contributed by atoms with Crippen LogP contribution in [0.25, 0.3) is 21.7 Å². The van der Waals surface area contributed by atoms with Crippen LogP contribution in [0.3, 0.4) is 0 Å². The van der Waals surface area contributed by atoms with Crippen LogP contribution in [0.15, 0.2) is 89.5 Å². The van der Waals surface area contributed by atoms with Gasteiger partial charge in [-0.2, -0.15) is 0 Å². The summed E-state index contributed by atoms with van der Waals surface area (Å²) in [5.74, 6) is -1.68. The molecule has 0 bridgehead atoms. The van der Waals surface area contributed by atoms with Gasteiger partial charge in [0.1, 0.15) is 24.0 Å². The number of esters is 1. The molecule has 0 amide bonds. The molecule has 7 nitrogen and oxygen atoms in total. The summed E-state index contributed by atoms with van der Waals surface area (Å²) >= 11 is 0. The Hall–Kier alpha value is -4.62. The first-order chi connectivity index (χ1) is 16.9. The molecule has 4 aromatic carbocycles. The van der Waals surface area contributed by atoms with Crippen LogP contribution < -0.4 is 0 Å². The van der Waals surface area contributed by atoms with Gasteiger partial charge in [-0.3, -0.25) is 0 Å². The van der Waals surface area contributed by atoms with Crippen LogP contribution in [0, 0.1) is 0 Å². The molecule has 0 aliphatic carbocycles. The quantitative estimate of drug-likeness (QED) is 0.285. The van der Waals surface area contributed by atoms with Crippen molar-refractivity contribution in [3.05, 3.63) is 113 Å². The molecule has 1 heterocycles. The van der Waals surface area contributed by atoms with Crippen LogP contribution in [-0.4, -0.2) is 27.3 Å². The molecule has 35 heavy (non-hydrogen) atoms. The van der Waals surface area contributed by atoms with Gasteiger partial charge in [-0.1, -0.05) is 24.3 Å². The molecule has 174 valence electrons. The number of carbonyl (C=O) groups excluding carboxylic acids is 1. The molecule has 0 aliphatic heterocycles. The zero-order chi connectivity index (χ0) is 24.5. The number of aromatic carboxylic acids is 1. The maximum atomic E-state index is 12.7. The number of hydrogen-bond acceptors (Lipinski definition) is 6. The molecule has 0 radical (unpaired) electrons. The number of aliphatic hydroxyl groups excluding tert-OH is 1. The van der Waals surface area contributed by atoms with E-state index >= 15 is 0 Å². The van der Waals surface area contributed by atoms with E-state index in [4.69, 9.17) is 14.3 Å². The molecular weight excluding hydrogens is 448 g/mol. The molecule has 1 atom stereocenters. The molecule has 5 rings (SSSR count). The normalized spacial score (nSPS) is 12.0. The topological polar surface area (TPSA) is 117 Å². The minimum absolute atomic E-state index is 0.0940. The predicted molar refractivity (Wildman–Crippen MR) is 128 cm³/mol. The van der Waals surface area contributed by atoms with E-state index in [9.17, 15) is 19.8 Å². The number of hydrogen-bond donors (Lipinski definition) is 3. The number of ether oxygens (including phenoxy) is 1. The van der Waals surface area contributed by atoms with Crippen LogP contribution in [0.4, 0.5) is 0 Å². The van der Waals surface area contributed by atoms with Gasteiger partial charge in [0.05, 0.1) is 17.4 Å². The van der Waals surface area contributed by atoms with Crippen molar-refractivity contribution < 1.29 is 34.1 Å². The van der Waals surface area contributed by atoms with Crippen molar-refractivity contribution in [3.63, 3.8) is 0 Å². The number of phenolic OH excluding ortho intramolecular Hbond substituents is 1. The van der Waals surface area contributed by atoms with E-state index in [1.807, 2.05) is 24.3 Å². The first-order valence-electron chi connectivity index (χ1n) is 10.8. The first-order valence-corrected chi connectivity index (χ1v) is 10.8. The number of fused-ring (bicyclic) bond motifs is 2. The molecule has 0 spiro atoms. The predicted octanol–water partition coefficient (Wildman–Crippen LogP) is 5.43. The zero-order valence-corrected chi connectivity index (χ0v) is 18.3. The number of carboxylic acid groups (broad SMARTS) is 1. The van der Waals surface area contributed by atoms with E-state index in [0.29, 0.717) is 21.9 Å². The SMILES string of the molecule is O=C(O)c1ccc(C(O)c2cc3cc(C(=O)OCc4ccc5occc5c4)ccc3cc2O)cc1. The summed E-state index contributed by atoms with van der Waals surface area (Å²) in [6, 6.07) is 21.2. The van der Waals surface area contributed by atoms with Gasteiger partial charge in [0, 0.05) is 10.9 Å². The summed E-state index contributed by atoms with van der Waals surface area (Å²) in [5.41, 5.74) is 2.68. The van der Waals surface area contributed by atoms with Gasteiger partial charge in [-0.25, -0.2) is 9.59 Å². The van der Waals surface area contributed by atoms with Crippen molar-refractivity contribution in [1.82, 2.24) is 0 Å². The summed E-state index contributed by atoms with van der Waals surface area (Å²) in [6.45, 7) is 0.101. The smallest absolute Gasteiger partial charge is 0.338 e. The first kappa shape index (κ1) is 22.2. The van der Waals surface area contributed by atoms with Crippen molar-refractivity contribution >= 4 is 33.7 Å². The van der Waals surface area contributed by atoms with E-state index in [1.165, 1.54) is 30.3 Å². The lowest BCUT2D eigenvalue weighted by molar-refractivity contribution is 0.0472. The van der Waals surface area contributed by atoms with E-state index < -0.39 is 18.0 Å². The minimum Gasteiger partial charge on any atom is -0.508 e. The number of benzene rings is 4. The summed E-state index contributed by atoms with van der Waals surface area (Å²) in [7, 11) is 0. The highest BCUT2D eigenvalue weighted by Gasteiger charge is 2.17. The largest absolute Gasteiger partial charge is 0.508 e. The highest BCUT2D eigenvalue weighted by Crippen LogP contribution is 2.33. The summed E-state index contributed by atoms with van der Waals surface area (Å²) < 4.78 is 10.8. The number of rotatable bonds is 6. The second-order valence-corrected chi connectivity index (χ2v) is 8.17. The van der Waals surface area contributed by atoms with Crippen molar-refractivity contribution in [2.45, 2.75) is 12.7 Å². The lowest BCUT2D eigenvalue weighted by atomic mass is 9.96. The van der Waals surface area contributed by atoms with E-state index in [2.05, 4.69) is 0 Å². The molecule has 0 aliphatic rings. The van der Waals surface area contributed by atoms with Gasteiger partial charge in [0.2, 0.25) is 0 Å². The lowest BCUT2D eigenvalue weighted by Gasteiger charge is -2.15. The van der Waals surface area contributed by atoms with Gasteiger partial charge < -0.3 is 24.5 Å². The summed E-state index contributed by atoms with van der Waals surface area (Å²) in [6.07, 6.45) is 0.416. The van der Waals surface area contributed by atoms with Gasteiger partial charge in [0.15, 0.2) is 0 Å². The van der Waals surface area contributed by atoms with Gasteiger partial charge in [-0.15, -0.1) is 0 Å². The average Bonchev–Trinajstić information content (AvgIpc) is 3.34. The van der Waals surface area contributed by atoms with Gasteiger partial charge in [0.25, 0.3) is 0 Å². The van der Waals surface area contributed by atoms with E-state index in [0.717, 1.165) is 16.5 Å². The second-order valence-electron chi connectivity index (χ2n) is 8.17. The Kier molecular flexibility index (Phi) is 5.68. The third kappa shape index (κ3) is 4.45. The number of carboxylic acids is 1. The lowest BCUT2D eigenvalue weighted by Crippen LogP contribution is -2.05. The highest BCUT2D eigenvalue weighted by molar-refractivity contribution is 5.96. The fourth-order valence-electron chi connectivity index (χ4n) is 3.97. The third-order valence-corrected chi connectivity index (χ3v) is 5.88. The van der Waals surface area contributed by atoms with Crippen LogP contribution in [0.2, 0.25) is 0 Å². The van der Waals surface area contributed by atoms with Crippen molar-refractivity contribution in [2.75, 3.05) is 0 Å². The molecule has 5 aromatic rings. The Morgan fingerprint density at radius 2 is 1.60 bits per heavy atom.